The third-order valence-electron chi connectivity index (χ3n) is 2.32. The summed E-state index contributed by atoms with van der Waals surface area (Å²) in [5.74, 6) is -0.749. The van der Waals surface area contributed by atoms with Gasteiger partial charge in [-0.3, -0.25) is 18.7 Å². The maximum absolute atomic E-state index is 11.7. The lowest BCUT2D eigenvalue weighted by Crippen LogP contribution is -2.42. The fourth-order valence-electron chi connectivity index (χ4n) is 1.29. The normalized spacial score (nSPS) is 12.5. The van der Waals surface area contributed by atoms with E-state index in [0.717, 1.165) is 9.13 Å². The minimum absolute atomic E-state index is 0.161. The smallest absolute Gasteiger partial charge is 0.332 e. The van der Waals surface area contributed by atoms with E-state index < -0.39 is 22.4 Å². The molecule has 0 aliphatic rings. The van der Waals surface area contributed by atoms with Gasteiger partial charge in [-0.2, -0.15) is 0 Å². The third kappa shape index (κ3) is 1.76. The highest BCUT2D eigenvalue weighted by molar-refractivity contribution is 6.34. The minimum Gasteiger partial charge on any atom is -0.384 e. The first kappa shape index (κ1) is 12.5. The van der Waals surface area contributed by atoms with Crippen LogP contribution >= 0.6 is 11.6 Å². The zero-order chi connectivity index (χ0) is 12.6. The van der Waals surface area contributed by atoms with Gasteiger partial charge < -0.3 is 5.73 Å². The summed E-state index contributed by atoms with van der Waals surface area (Å²) in [6.07, 6.45) is 0. The van der Waals surface area contributed by atoms with Crippen molar-refractivity contribution in [1.82, 2.24) is 9.13 Å². The number of aromatic nitrogens is 2. The number of Topliss-reactive ketones (excluding diaryl/α,β-unsaturated/α-hetero) is 1. The molecule has 0 saturated carbocycles. The molecular formula is C9H12ClN3O3. The first-order chi connectivity index (χ1) is 7.29. The Morgan fingerprint density at radius 1 is 1.31 bits per heavy atom. The van der Waals surface area contributed by atoms with E-state index in [9.17, 15) is 14.4 Å². The van der Waals surface area contributed by atoms with Crippen LogP contribution in [0.2, 0.25) is 0 Å². The van der Waals surface area contributed by atoms with Crippen molar-refractivity contribution in [2.75, 3.05) is 5.73 Å². The van der Waals surface area contributed by atoms with Crippen molar-refractivity contribution < 1.29 is 4.79 Å². The molecule has 2 N–H and O–H groups in total. The van der Waals surface area contributed by atoms with Crippen LogP contribution < -0.4 is 17.0 Å². The fraction of sp³-hybridized carbons (Fsp3) is 0.444. The Morgan fingerprint density at radius 3 is 2.25 bits per heavy atom. The molecule has 0 bridgehead atoms. The highest BCUT2D eigenvalue weighted by Gasteiger charge is 2.23. The molecule has 0 spiro atoms. The monoisotopic (exact) mass is 245 g/mol. The van der Waals surface area contributed by atoms with Crippen LogP contribution in [0.5, 0.6) is 0 Å². The van der Waals surface area contributed by atoms with Crippen LogP contribution in [0, 0.1) is 0 Å². The van der Waals surface area contributed by atoms with Crippen LogP contribution in [0.15, 0.2) is 9.59 Å². The number of ketones is 1. The third-order valence-corrected chi connectivity index (χ3v) is 2.52. The lowest BCUT2D eigenvalue weighted by atomic mass is 10.1. The Bertz CT molecular complexity index is 556. The van der Waals surface area contributed by atoms with Gasteiger partial charge in [-0.05, 0) is 6.92 Å². The summed E-state index contributed by atoms with van der Waals surface area (Å²) in [6.45, 7) is 1.44. The van der Waals surface area contributed by atoms with Crippen LogP contribution in [0.1, 0.15) is 17.3 Å². The van der Waals surface area contributed by atoms with Crippen molar-refractivity contribution in [3.8, 4) is 0 Å². The largest absolute Gasteiger partial charge is 0.384 e. The number of carbonyl (C=O) groups is 1. The van der Waals surface area contributed by atoms with E-state index in [-0.39, 0.29) is 11.4 Å². The second-order valence-corrected chi connectivity index (χ2v) is 4.10. The van der Waals surface area contributed by atoms with Gasteiger partial charge >= 0.3 is 5.69 Å². The molecule has 16 heavy (non-hydrogen) atoms. The number of hydrogen-bond acceptors (Lipinski definition) is 4. The van der Waals surface area contributed by atoms with Crippen molar-refractivity contribution in [2.24, 2.45) is 14.1 Å². The number of nitrogens with zero attached hydrogens (tertiary/aromatic N) is 2. The molecule has 0 aliphatic heterocycles. The molecule has 1 rings (SSSR count). The van der Waals surface area contributed by atoms with E-state index in [2.05, 4.69) is 0 Å². The van der Waals surface area contributed by atoms with Gasteiger partial charge in [0.2, 0.25) is 0 Å². The van der Waals surface area contributed by atoms with E-state index in [1.54, 1.807) is 0 Å². The standard InChI is InChI=1S/C9H12ClN3O3/c1-4(10)6(14)5-7(11)12(2)9(16)13(3)8(5)15/h4H,11H2,1-3H3/t4-/m1/s1. The molecule has 0 fully saturated rings. The number of nitrogens with two attached hydrogens (primary N) is 1. The molecular weight excluding hydrogens is 234 g/mol. The van der Waals surface area contributed by atoms with Gasteiger partial charge in [0.25, 0.3) is 5.56 Å². The van der Waals surface area contributed by atoms with E-state index in [1.807, 2.05) is 0 Å². The van der Waals surface area contributed by atoms with Crippen molar-refractivity contribution in [3.05, 3.63) is 26.4 Å². The fourth-order valence-corrected chi connectivity index (χ4v) is 1.40. The Balaban J connectivity index is 3.72. The van der Waals surface area contributed by atoms with Crippen molar-refractivity contribution in [2.45, 2.75) is 12.3 Å². The molecule has 0 unspecified atom stereocenters. The maximum Gasteiger partial charge on any atom is 0.332 e. The quantitative estimate of drug-likeness (QED) is 0.561. The van der Waals surface area contributed by atoms with E-state index in [0.29, 0.717) is 0 Å². The first-order valence-electron chi connectivity index (χ1n) is 4.52. The Hall–Kier alpha value is -1.56. The second-order valence-electron chi connectivity index (χ2n) is 3.45. The summed E-state index contributed by atoms with van der Waals surface area (Å²) in [4.78, 5) is 34.8. The van der Waals surface area contributed by atoms with Crippen LogP contribution in [-0.4, -0.2) is 20.3 Å². The molecule has 1 atom stereocenters. The topological polar surface area (TPSA) is 87.1 Å². The number of alkyl halides is 1. The number of rotatable bonds is 2. The van der Waals surface area contributed by atoms with Crippen LogP contribution in [0.4, 0.5) is 5.82 Å². The maximum atomic E-state index is 11.7. The second kappa shape index (κ2) is 4.13. The highest BCUT2D eigenvalue weighted by atomic mass is 35.5. The molecule has 88 valence electrons. The molecule has 0 saturated heterocycles. The molecule has 0 aromatic carbocycles. The van der Waals surface area contributed by atoms with Gasteiger partial charge in [0.05, 0.1) is 5.38 Å². The predicted octanol–water partition coefficient (Wildman–Crippen LogP) is -0.524. The van der Waals surface area contributed by atoms with Gasteiger partial charge in [0, 0.05) is 14.1 Å². The summed E-state index contributed by atoms with van der Waals surface area (Å²) in [5, 5.41) is -0.868. The minimum atomic E-state index is -0.868. The van der Waals surface area contributed by atoms with Crippen LogP contribution in [0.25, 0.3) is 0 Å². The average Bonchev–Trinajstić information content (AvgIpc) is 2.23. The van der Waals surface area contributed by atoms with Gasteiger partial charge in [0.15, 0.2) is 5.78 Å². The number of halogens is 1. The first-order valence-corrected chi connectivity index (χ1v) is 4.96. The molecule has 1 aromatic rings. The highest BCUT2D eigenvalue weighted by Crippen LogP contribution is 2.09. The molecule has 0 radical (unpaired) electrons. The molecule has 6 nitrogen and oxygen atoms in total. The Kier molecular flexibility index (Phi) is 3.23. The molecule has 0 amide bonds. The summed E-state index contributed by atoms with van der Waals surface area (Å²) < 4.78 is 1.86. The number of hydrogen-bond donors (Lipinski definition) is 1. The number of nitrogen functional groups attached to an aromatic ring is 1. The number of anilines is 1. The molecule has 1 aromatic heterocycles. The van der Waals surface area contributed by atoms with Crippen molar-refractivity contribution >= 4 is 23.2 Å². The summed E-state index contributed by atoms with van der Waals surface area (Å²) >= 11 is 5.61. The predicted molar refractivity (Wildman–Crippen MR) is 61.0 cm³/mol. The Morgan fingerprint density at radius 2 is 1.81 bits per heavy atom. The molecule has 0 aliphatic carbocycles. The zero-order valence-corrected chi connectivity index (χ0v) is 9.91. The molecule has 7 heteroatoms. The van der Waals surface area contributed by atoms with Gasteiger partial charge in [0.1, 0.15) is 11.4 Å². The number of carbonyl (C=O) groups excluding carboxylic acids is 1. The SMILES string of the molecule is C[C@@H](Cl)C(=O)c1c(N)n(C)c(=O)n(C)c1=O. The van der Waals surface area contributed by atoms with Gasteiger partial charge in [-0.25, -0.2) is 4.79 Å². The summed E-state index contributed by atoms with van der Waals surface area (Å²) in [6, 6.07) is 0. The molecule has 1 heterocycles. The lowest BCUT2D eigenvalue weighted by Gasteiger charge is -2.11. The Labute approximate surface area is 96.2 Å². The van der Waals surface area contributed by atoms with Gasteiger partial charge in [-0.15, -0.1) is 11.6 Å². The van der Waals surface area contributed by atoms with Crippen molar-refractivity contribution in [1.29, 1.82) is 0 Å². The van der Waals surface area contributed by atoms with E-state index in [4.69, 9.17) is 17.3 Å². The zero-order valence-electron chi connectivity index (χ0n) is 9.15. The van der Waals surface area contributed by atoms with Crippen LogP contribution in [-0.2, 0) is 14.1 Å². The summed E-state index contributed by atoms with van der Waals surface area (Å²) in [5.41, 5.74) is 4.01. The summed E-state index contributed by atoms with van der Waals surface area (Å²) in [7, 11) is 2.66. The lowest BCUT2D eigenvalue weighted by molar-refractivity contribution is 0.0990. The van der Waals surface area contributed by atoms with E-state index in [1.165, 1.54) is 21.0 Å². The average molecular weight is 246 g/mol. The van der Waals surface area contributed by atoms with E-state index >= 15 is 0 Å². The van der Waals surface area contributed by atoms with Crippen LogP contribution in [0.3, 0.4) is 0 Å². The van der Waals surface area contributed by atoms with Gasteiger partial charge in [-0.1, -0.05) is 0 Å². The van der Waals surface area contributed by atoms with Crippen molar-refractivity contribution in [3.63, 3.8) is 0 Å².